The van der Waals surface area contributed by atoms with Crippen molar-refractivity contribution < 1.29 is 14.2 Å². The van der Waals surface area contributed by atoms with Gasteiger partial charge in [-0.15, -0.1) is 0 Å². The standard InChI is InChI=1S/C18H31N3O3/c1-5-19-18(20-9-6-10-24-12-11-22-3)21-14-16-8-7-15(2)13-17(16)23-4/h7-8,13H,5-6,9-12,14H2,1-4H3,(H2,19,20,21). The number of methoxy groups -OCH3 is 2. The quantitative estimate of drug-likeness (QED) is 0.368. The van der Waals surface area contributed by atoms with Crippen molar-refractivity contribution in [3.63, 3.8) is 0 Å². The molecule has 0 aliphatic carbocycles. The molecular weight excluding hydrogens is 306 g/mol. The maximum Gasteiger partial charge on any atom is 0.191 e. The molecule has 136 valence electrons. The zero-order valence-corrected chi connectivity index (χ0v) is 15.4. The summed E-state index contributed by atoms with van der Waals surface area (Å²) < 4.78 is 15.8. The molecule has 1 aromatic rings. The van der Waals surface area contributed by atoms with Crippen molar-refractivity contribution in [3.05, 3.63) is 29.3 Å². The van der Waals surface area contributed by atoms with Gasteiger partial charge >= 0.3 is 0 Å². The molecule has 24 heavy (non-hydrogen) atoms. The minimum absolute atomic E-state index is 0.573. The maximum atomic E-state index is 5.44. The van der Waals surface area contributed by atoms with Crippen molar-refractivity contribution in [2.24, 2.45) is 4.99 Å². The highest BCUT2D eigenvalue weighted by Crippen LogP contribution is 2.20. The molecule has 0 radical (unpaired) electrons. The summed E-state index contributed by atoms with van der Waals surface area (Å²) in [7, 11) is 3.36. The van der Waals surface area contributed by atoms with E-state index >= 15 is 0 Å². The summed E-state index contributed by atoms with van der Waals surface area (Å²) in [5.41, 5.74) is 2.25. The second-order valence-electron chi connectivity index (χ2n) is 5.40. The van der Waals surface area contributed by atoms with Gasteiger partial charge in [-0.05, 0) is 31.9 Å². The van der Waals surface area contributed by atoms with Crippen LogP contribution in [-0.2, 0) is 16.0 Å². The van der Waals surface area contributed by atoms with Gasteiger partial charge in [-0.1, -0.05) is 12.1 Å². The van der Waals surface area contributed by atoms with Crippen LogP contribution in [0.1, 0.15) is 24.5 Å². The zero-order chi connectivity index (χ0) is 17.6. The average molecular weight is 337 g/mol. The molecule has 1 rings (SSSR count). The van der Waals surface area contributed by atoms with Gasteiger partial charge < -0.3 is 24.8 Å². The number of rotatable bonds is 11. The second kappa shape index (κ2) is 12.6. The van der Waals surface area contributed by atoms with Gasteiger partial charge in [0.25, 0.3) is 0 Å². The van der Waals surface area contributed by atoms with E-state index < -0.39 is 0 Å². The van der Waals surface area contributed by atoms with Crippen molar-refractivity contribution >= 4 is 5.96 Å². The number of benzene rings is 1. The number of guanidine groups is 1. The smallest absolute Gasteiger partial charge is 0.191 e. The molecule has 0 bridgehead atoms. The van der Waals surface area contributed by atoms with Gasteiger partial charge in [0, 0.05) is 32.4 Å². The molecule has 6 nitrogen and oxygen atoms in total. The first-order valence-electron chi connectivity index (χ1n) is 8.43. The molecule has 2 N–H and O–H groups in total. The van der Waals surface area contributed by atoms with E-state index in [-0.39, 0.29) is 0 Å². The molecule has 0 amide bonds. The summed E-state index contributed by atoms with van der Waals surface area (Å²) in [5, 5.41) is 6.57. The third-order valence-electron chi connectivity index (χ3n) is 3.38. The Labute approximate surface area is 145 Å². The normalized spacial score (nSPS) is 11.4. The molecule has 1 aromatic carbocycles. The van der Waals surface area contributed by atoms with E-state index in [0.29, 0.717) is 26.4 Å². The fourth-order valence-electron chi connectivity index (χ4n) is 2.11. The van der Waals surface area contributed by atoms with Crippen LogP contribution in [0.2, 0.25) is 0 Å². The number of ether oxygens (including phenoxy) is 3. The van der Waals surface area contributed by atoms with Crippen LogP contribution in [0.3, 0.4) is 0 Å². The number of aliphatic imine (C=N–C) groups is 1. The lowest BCUT2D eigenvalue weighted by Gasteiger charge is -2.12. The highest BCUT2D eigenvalue weighted by atomic mass is 16.5. The first kappa shape index (κ1) is 20.3. The van der Waals surface area contributed by atoms with Crippen LogP contribution < -0.4 is 15.4 Å². The molecule has 0 saturated carbocycles. The fraction of sp³-hybridized carbons (Fsp3) is 0.611. The van der Waals surface area contributed by atoms with Gasteiger partial charge in [0.05, 0.1) is 26.9 Å². The van der Waals surface area contributed by atoms with Gasteiger partial charge in [-0.3, -0.25) is 0 Å². The molecule has 0 atom stereocenters. The van der Waals surface area contributed by atoms with Crippen LogP contribution in [0.15, 0.2) is 23.2 Å². The number of nitrogens with zero attached hydrogens (tertiary/aromatic N) is 1. The first-order valence-corrected chi connectivity index (χ1v) is 8.43. The van der Waals surface area contributed by atoms with Crippen molar-refractivity contribution in [2.75, 3.05) is 47.1 Å². The molecule has 0 unspecified atom stereocenters. The van der Waals surface area contributed by atoms with E-state index in [1.165, 1.54) is 5.56 Å². The largest absolute Gasteiger partial charge is 0.496 e. The monoisotopic (exact) mass is 337 g/mol. The van der Waals surface area contributed by atoms with Crippen molar-refractivity contribution in [2.45, 2.75) is 26.8 Å². The summed E-state index contributed by atoms with van der Waals surface area (Å²) in [6, 6.07) is 6.17. The Morgan fingerprint density at radius 2 is 1.96 bits per heavy atom. The Bertz CT molecular complexity index is 492. The Balaban J connectivity index is 2.45. The fourth-order valence-corrected chi connectivity index (χ4v) is 2.11. The Hall–Kier alpha value is -1.79. The SMILES string of the molecule is CCNC(=NCc1ccc(C)cc1OC)NCCCOCCOC. The molecule has 0 aliphatic heterocycles. The van der Waals surface area contributed by atoms with E-state index in [9.17, 15) is 0 Å². The molecule has 0 aliphatic rings. The molecule has 0 spiro atoms. The van der Waals surface area contributed by atoms with Crippen LogP contribution in [0, 0.1) is 6.92 Å². The third-order valence-corrected chi connectivity index (χ3v) is 3.38. The van der Waals surface area contributed by atoms with E-state index in [1.54, 1.807) is 14.2 Å². The number of hydrogen-bond acceptors (Lipinski definition) is 4. The first-order chi connectivity index (χ1) is 11.7. The molecule has 6 heteroatoms. The minimum Gasteiger partial charge on any atom is -0.496 e. The van der Waals surface area contributed by atoms with E-state index in [0.717, 1.165) is 36.8 Å². The number of nitrogens with one attached hydrogen (secondary N) is 2. The third kappa shape index (κ3) is 8.17. The summed E-state index contributed by atoms with van der Waals surface area (Å²) in [6.45, 7) is 8.29. The molecule has 0 fully saturated rings. The highest BCUT2D eigenvalue weighted by Gasteiger charge is 2.03. The van der Waals surface area contributed by atoms with Crippen LogP contribution in [0.25, 0.3) is 0 Å². The highest BCUT2D eigenvalue weighted by molar-refractivity contribution is 5.79. The van der Waals surface area contributed by atoms with Crippen LogP contribution >= 0.6 is 0 Å². The topological polar surface area (TPSA) is 64.1 Å². The molecule has 0 heterocycles. The predicted molar refractivity (Wildman–Crippen MR) is 97.9 cm³/mol. The minimum atomic E-state index is 0.573. The summed E-state index contributed by atoms with van der Waals surface area (Å²) in [6.07, 6.45) is 0.919. The average Bonchev–Trinajstić information content (AvgIpc) is 2.59. The van der Waals surface area contributed by atoms with Crippen LogP contribution in [-0.4, -0.2) is 53.1 Å². The van der Waals surface area contributed by atoms with Gasteiger partial charge in [0.15, 0.2) is 5.96 Å². The maximum absolute atomic E-state index is 5.44. The van der Waals surface area contributed by atoms with E-state index in [4.69, 9.17) is 14.2 Å². The van der Waals surface area contributed by atoms with Crippen molar-refractivity contribution in [1.29, 1.82) is 0 Å². The van der Waals surface area contributed by atoms with Gasteiger partial charge in [0.1, 0.15) is 5.75 Å². The lowest BCUT2D eigenvalue weighted by atomic mass is 10.1. The van der Waals surface area contributed by atoms with Crippen LogP contribution in [0.5, 0.6) is 5.75 Å². The van der Waals surface area contributed by atoms with Gasteiger partial charge in [0.2, 0.25) is 0 Å². The Morgan fingerprint density at radius 3 is 2.67 bits per heavy atom. The molecule has 0 saturated heterocycles. The molecule has 0 aromatic heterocycles. The second-order valence-corrected chi connectivity index (χ2v) is 5.40. The number of aryl methyl sites for hydroxylation is 1. The van der Waals surface area contributed by atoms with E-state index in [2.05, 4.69) is 41.6 Å². The lowest BCUT2D eigenvalue weighted by Crippen LogP contribution is -2.38. The van der Waals surface area contributed by atoms with Crippen molar-refractivity contribution in [3.8, 4) is 5.75 Å². The number of hydrogen-bond donors (Lipinski definition) is 2. The van der Waals surface area contributed by atoms with Crippen molar-refractivity contribution in [1.82, 2.24) is 10.6 Å². The van der Waals surface area contributed by atoms with E-state index in [1.807, 2.05) is 6.07 Å². The summed E-state index contributed by atoms with van der Waals surface area (Å²) in [5.74, 6) is 1.68. The van der Waals surface area contributed by atoms with Gasteiger partial charge in [-0.2, -0.15) is 0 Å². The Morgan fingerprint density at radius 1 is 1.12 bits per heavy atom. The molecular formula is C18H31N3O3. The zero-order valence-electron chi connectivity index (χ0n) is 15.4. The van der Waals surface area contributed by atoms with Crippen LogP contribution in [0.4, 0.5) is 0 Å². The van der Waals surface area contributed by atoms with Gasteiger partial charge in [-0.25, -0.2) is 4.99 Å². The summed E-state index contributed by atoms with van der Waals surface area (Å²) in [4.78, 5) is 4.62. The Kier molecular flexibility index (Phi) is 10.6. The predicted octanol–water partition coefficient (Wildman–Crippen LogP) is 2.11. The summed E-state index contributed by atoms with van der Waals surface area (Å²) >= 11 is 0. The lowest BCUT2D eigenvalue weighted by molar-refractivity contribution is 0.0698.